The smallest absolute Gasteiger partial charge is 0.279 e. The van der Waals surface area contributed by atoms with Crippen LogP contribution in [0.4, 0.5) is 5.82 Å². The van der Waals surface area contributed by atoms with E-state index < -0.39 is 5.91 Å². The van der Waals surface area contributed by atoms with E-state index in [4.69, 9.17) is 8.94 Å². The lowest BCUT2D eigenvalue weighted by molar-refractivity contribution is 0.101. The molecule has 0 aromatic carbocycles. The lowest BCUT2D eigenvalue weighted by atomic mass is 10.3. The van der Waals surface area contributed by atoms with Gasteiger partial charge < -0.3 is 14.3 Å². The van der Waals surface area contributed by atoms with Gasteiger partial charge in [0.1, 0.15) is 12.1 Å². The van der Waals surface area contributed by atoms with Crippen LogP contribution in [-0.4, -0.2) is 30.8 Å². The fourth-order valence-corrected chi connectivity index (χ4v) is 2.49. The molecule has 130 valence electrons. The molecule has 0 atom stereocenters. The van der Waals surface area contributed by atoms with Crippen molar-refractivity contribution in [3.05, 3.63) is 60.0 Å². The molecule has 1 N–H and O–H groups in total. The zero-order chi connectivity index (χ0) is 18.1. The Bertz CT molecular complexity index is 1060. The molecule has 0 aliphatic heterocycles. The minimum Gasteiger partial charge on any atom is -0.461 e. The van der Waals surface area contributed by atoms with Crippen molar-refractivity contribution < 1.29 is 13.7 Å². The molecule has 0 aliphatic carbocycles. The number of aromatic nitrogens is 5. The molecule has 9 heteroatoms. The van der Waals surface area contributed by atoms with Crippen molar-refractivity contribution in [2.24, 2.45) is 0 Å². The molecule has 0 fully saturated rings. The van der Waals surface area contributed by atoms with Crippen LogP contribution < -0.4 is 5.32 Å². The highest BCUT2D eigenvalue weighted by atomic mass is 16.5. The molecule has 0 radical (unpaired) electrons. The van der Waals surface area contributed by atoms with Gasteiger partial charge in [-0.25, -0.2) is 14.6 Å². The Morgan fingerprint density at radius 2 is 2.04 bits per heavy atom. The van der Waals surface area contributed by atoms with Crippen LogP contribution in [0.25, 0.3) is 17.3 Å². The minimum absolute atomic E-state index is 0.114. The number of nitrogens with zero attached hydrogens (tertiary/aromatic N) is 5. The molecular weight excluding hydrogens is 336 g/mol. The van der Waals surface area contributed by atoms with Gasteiger partial charge >= 0.3 is 0 Å². The van der Waals surface area contributed by atoms with Gasteiger partial charge in [-0.05, 0) is 32.0 Å². The lowest BCUT2D eigenvalue weighted by Gasteiger charge is -2.06. The Balaban J connectivity index is 1.55. The molecule has 0 saturated carbocycles. The fourth-order valence-electron chi connectivity index (χ4n) is 2.49. The van der Waals surface area contributed by atoms with E-state index >= 15 is 0 Å². The van der Waals surface area contributed by atoms with E-state index in [9.17, 15) is 4.79 Å². The molecule has 4 aromatic rings. The number of anilines is 1. The second-order valence-corrected chi connectivity index (χ2v) is 5.61. The summed E-state index contributed by atoms with van der Waals surface area (Å²) in [6.45, 7) is 3.82. The van der Waals surface area contributed by atoms with Gasteiger partial charge in [-0.1, -0.05) is 5.16 Å². The molecule has 1 amide bonds. The van der Waals surface area contributed by atoms with Crippen molar-refractivity contribution in [3.8, 4) is 17.3 Å². The van der Waals surface area contributed by atoms with Gasteiger partial charge in [0.05, 0.1) is 12.0 Å². The van der Waals surface area contributed by atoms with Gasteiger partial charge in [-0.15, -0.1) is 0 Å². The quantitative estimate of drug-likeness (QED) is 0.602. The van der Waals surface area contributed by atoms with Crippen LogP contribution in [-0.2, 0) is 0 Å². The summed E-state index contributed by atoms with van der Waals surface area (Å²) in [6, 6.07) is 8.50. The number of hydrogen-bond donors (Lipinski definition) is 1. The molecule has 0 aliphatic rings. The van der Waals surface area contributed by atoms with E-state index in [0.29, 0.717) is 23.2 Å². The van der Waals surface area contributed by atoms with Crippen LogP contribution in [0.15, 0.2) is 51.9 Å². The third-order valence-electron chi connectivity index (χ3n) is 3.63. The first-order chi connectivity index (χ1) is 12.6. The maximum absolute atomic E-state index is 12.4. The maximum atomic E-state index is 12.4. The van der Waals surface area contributed by atoms with Gasteiger partial charge in [0.2, 0.25) is 5.76 Å². The highest BCUT2D eigenvalue weighted by Crippen LogP contribution is 2.21. The van der Waals surface area contributed by atoms with E-state index in [-0.39, 0.29) is 5.69 Å². The first-order valence-corrected chi connectivity index (χ1v) is 7.78. The van der Waals surface area contributed by atoms with E-state index in [1.54, 1.807) is 22.9 Å². The Labute approximate surface area is 147 Å². The number of carbonyl (C=O) groups excluding carboxylic acids is 1. The van der Waals surface area contributed by atoms with Gasteiger partial charge in [0.25, 0.3) is 5.91 Å². The van der Waals surface area contributed by atoms with Crippen LogP contribution in [0.1, 0.15) is 21.9 Å². The first kappa shape index (κ1) is 15.8. The molecule has 26 heavy (non-hydrogen) atoms. The van der Waals surface area contributed by atoms with E-state index in [0.717, 1.165) is 11.4 Å². The third-order valence-corrected chi connectivity index (χ3v) is 3.63. The van der Waals surface area contributed by atoms with Crippen molar-refractivity contribution in [2.75, 3.05) is 5.32 Å². The van der Waals surface area contributed by atoms with E-state index in [1.165, 1.54) is 18.7 Å². The molecule has 0 spiro atoms. The Hall–Kier alpha value is -3.75. The maximum Gasteiger partial charge on any atom is 0.279 e. The summed E-state index contributed by atoms with van der Waals surface area (Å²) < 4.78 is 12.0. The lowest BCUT2D eigenvalue weighted by Crippen LogP contribution is -2.14. The molecule has 4 rings (SSSR count). The summed E-state index contributed by atoms with van der Waals surface area (Å²) in [7, 11) is 0. The first-order valence-electron chi connectivity index (χ1n) is 7.78. The molecule has 0 unspecified atom stereocenters. The predicted octanol–water partition coefficient (Wildman–Crippen LogP) is 2.78. The number of furan rings is 1. The monoisotopic (exact) mass is 350 g/mol. The van der Waals surface area contributed by atoms with Crippen LogP contribution in [0.2, 0.25) is 0 Å². The largest absolute Gasteiger partial charge is 0.461 e. The molecule has 0 bridgehead atoms. The molecular formula is C17H14N6O3. The van der Waals surface area contributed by atoms with Crippen LogP contribution in [0.3, 0.4) is 0 Å². The molecule has 4 aromatic heterocycles. The number of hydrogen-bond acceptors (Lipinski definition) is 7. The Morgan fingerprint density at radius 3 is 2.77 bits per heavy atom. The SMILES string of the molecule is Cc1cc(C)n(-c2cc(NC(=O)c3cc(-c4ccco4)on3)ncn2)n1. The number of nitrogens with one attached hydrogen (secondary N) is 1. The number of carbonyl (C=O) groups is 1. The average Bonchev–Trinajstić information content (AvgIpc) is 3.35. The zero-order valence-electron chi connectivity index (χ0n) is 14.0. The van der Waals surface area contributed by atoms with Crippen molar-refractivity contribution >= 4 is 11.7 Å². The highest BCUT2D eigenvalue weighted by molar-refractivity contribution is 6.02. The minimum atomic E-state index is -0.454. The summed E-state index contributed by atoms with van der Waals surface area (Å²) in [5.41, 5.74) is 1.92. The highest BCUT2D eigenvalue weighted by Gasteiger charge is 2.16. The number of amides is 1. The topological polar surface area (TPSA) is 112 Å². The van der Waals surface area contributed by atoms with Gasteiger partial charge in [-0.2, -0.15) is 5.10 Å². The molecule has 4 heterocycles. The van der Waals surface area contributed by atoms with Crippen molar-refractivity contribution in [2.45, 2.75) is 13.8 Å². The van der Waals surface area contributed by atoms with E-state index in [1.807, 2.05) is 19.9 Å². The van der Waals surface area contributed by atoms with Gasteiger partial charge in [0, 0.05) is 17.8 Å². The standard InChI is InChI=1S/C17H14N6O3/c1-10-6-11(2)23(21-10)16-8-15(18-9-19-16)20-17(24)12-7-14(26-22-12)13-4-3-5-25-13/h3-9H,1-2H3,(H,18,19,20,24). The molecule has 0 saturated heterocycles. The molecule has 9 nitrogen and oxygen atoms in total. The summed E-state index contributed by atoms with van der Waals surface area (Å²) in [5, 5.41) is 10.8. The second kappa shape index (κ2) is 6.28. The fraction of sp³-hybridized carbons (Fsp3) is 0.118. The van der Waals surface area contributed by atoms with Crippen LogP contribution in [0.5, 0.6) is 0 Å². The summed E-state index contributed by atoms with van der Waals surface area (Å²) in [4.78, 5) is 20.6. The average molecular weight is 350 g/mol. The van der Waals surface area contributed by atoms with Crippen LogP contribution in [0, 0.1) is 13.8 Å². The van der Waals surface area contributed by atoms with Crippen molar-refractivity contribution in [1.29, 1.82) is 0 Å². The Morgan fingerprint density at radius 1 is 1.15 bits per heavy atom. The van der Waals surface area contributed by atoms with E-state index in [2.05, 4.69) is 25.5 Å². The van der Waals surface area contributed by atoms with Crippen molar-refractivity contribution in [3.63, 3.8) is 0 Å². The summed E-state index contributed by atoms with van der Waals surface area (Å²) in [5.74, 6) is 1.29. The van der Waals surface area contributed by atoms with Crippen molar-refractivity contribution in [1.82, 2.24) is 24.9 Å². The number of aryl methyl sites for hydroxylation is 2. The number of rotatable bonds is 4. The Kier molecular flexibility index (Phi) is 3.81. The zero-order valence-corrected chi connectivity index (χ0v) is 14.0. The summed E-state index contributed by atoms with van der Waals surface area (Å²) >= 11 is 0. The second-order valence-electron chi connectivity index (χ2n) is 5.61. The van der Waals surface area contributed by atoms with Gasteiger partial charge in [-0.3, -0.25) is 4.79 Å². The third kappa shape index (κ3) is 2.97. The van der Waals surface area contributed by atoms with Crippen LogP contribution >= 0.6 is 0 Å². The summed E-state index contributed by atoms with van der Waals surface area (Å²) in [6.07, 6.45) is 2.87. The normalized spacial score (nSPS) is 10.8. The van der Waals surface area contributed by atoms with Gasteiger partial charge in [0.15, 0.2) is 17.3 Å². The predicted molar refractivity (Wildman–Crippen MR) is 90.8 cm³/mol.